The normalized spacial score (nSPS) is 10.4. The van der Waals surface area contributed by atoms with Gasteiger partial charge in [0.2, 0.25) is 0 Å². The molecule has 7 rings (SSSR count). The molecular weight excluding hydrogens is 963 g/mol. The van der Waals surface area contributed by atoms with E-state index in [4.69, 9.17) is 48.0 Å². The molecule has 0 fully saturated rings. The van der Waals surface area contributed by atoms with Crippen molar-refractivity contribution in [3.63, 3.8) is 0 Å². The molecule has 0 aliphatic rings. The van der Waals surface area contributed by atoms with Crippen molar-refractivity contribution in [2.24, 2.45) is 44.2 Å². The second-order valence-corrected chi connectivity index (χ2v) is 21.6. The van der Waals surface area contributed by atoms with Crippen LogP contribution in [-0.4, -0.2) is 42.6 Å². The van der Waals surface area contributed by atoms with Crippen LogP contribution in [0.15, 0.2) is 181 Å². The topological polar surface area (TPSA) is 243 Å². The Kier molecular flexibility index (Phi) is 26.8. The van der Waals surface area contributed by atoms with E-state index >= 15 is 0 Å². The van der Waals surface area contributed by atoms with Crippen molar-refractivity contribution in [3.05, 3.63) is 209 Å². The van der Waals surface area contributed by atoms with Crippen molar-refractivity contribution in [1.82, 2.24) is 0 Å². The number of ether oxygens (including phenoxy) is 3. The predicted molar refractivity (Wildman–Crippen MR) is 317 cm³/mol. The van der Waals surface area contributed by atoms with E-state index < -0.39 is 0 Å². The Morgan fingerprint density at radius 2 is 0.662 bits per heavy atom. The Labute approximate surface area is 457 Å². The van der Waals surface area contributed by atoms with Gasteiger partial charge >= 0.3 is 17.9 Å². The highest BCUT2D eigenvalue weighted by Gasteiger charge is 2.16. The zero-order valence-corrected chi connectivity index (χ0v) is 47.1. The first-order chi connectivity index (χ1) is 36.0. The summed E-state index contributed by atoms with van der Waals surface area (Å²) in [5.74, 6) is 1.19. The van der Waals surface area contributed by atoms with Gasteiger partial charge in [0.15, 0.2) is 5.96 Å². The minimum atomic E-state index is -0.326. The van der Waals surface area contributed by atoms with E-state index in [1.807, 2.05) is 152 Å². The van der Waals surface area contributed by atoms with Crippen molar-refractivity contribution in [1.29, 1.82) is 10.8 Å². The fraction of sp³-hybridized carbons (Fsp3) is 0.281. The van der Waals surface area contributed by atoms with E-state index in [-0.39, 0.29) is 51.8 Å². The molecule has 0 atom stereocenters. The fourth-order valence-electron chi connectivity index (χ4n) is 6.82. The maximum absolute atomic E-state index is 12.3. The molecule has 0 saturated heterocycles. The number of hydrogen-bond acceptors (Lipinski definition) is 9. The van der Waals surface area contributed by atoms with Crippen LogP contribution in [0.25, 0.3) is 10.8 Å². The summed E-state index contributed by atoms with van der Waals surface area (Å²) in [6, 6.07) is 54.9. The van der Waals surface area contributed by atoms with E-state index in [1.165, 1.54) is 37.6 Å². The summed E-state index contributed by atoms with van der Waals surface area (Å²) < 4.78 is 16.1. The SMILES string of the molecule is CC(=N)N.CC(=N)N.CC(C)(C)Cc1ccc(C(=O)Oc2ccc3ccccc3c2)cc1.CC(C)(C)Cc1ccc(C(=O)Oc2ccccc2)cc1.CC(C)(C)Cc1ccc(C(=O)Oc2ccccc2)cc1.CN=C(N)N. The molecule has 0 saturated carbocycles. The van der Waals surface area contributed by atoms with Crippen LogP contribution >= 0.6 is 0 Å². The second kappa shape index (κ2) is 32.0. The Hall–Kier alpha value is -8.58. The van der Waals surface area contributed by atoms with Crippen LogP contribution in [0.3, 0.4) is 0 Å². The summed E-state index contributed by atoms with van der Waals surface area (Å²) >= 11 is 0. The van der Waals surface area contributed by atoms with E-state index in [0.717, 1.165) is 30.0 Å². The summed E-state index contributed by atoms with van der Waals surface area (Å²) in [5.41, 5.74) is 25.1. The average Bonchev–Trinajstić information content (AvgIpc) is 3.34. The van der Waals surface area contributed by atoms with Gasteiger partial charge in [0.1, 0.15) is 17.2 Å². The molecule has 0 amide bonds. The number of rotatable bonds is 9. The minimum Gasteiger partial charge on any atom is -0.423 e. The first-order valence-electron chi connectivity index (χ1n) is 25.1. The molecule has 0 bridgehead atoms. The number of guanidine groups is 1. The lowest BCUT2D eigenvalue weighted by Crippen LogP contribution is -2.21. The van der Waals surface area contributed by atoms with Gasteiger partial charge in [-0.15, -0.1) is 0 Å². The Morgan fingerprint density at radius 1 is 0.403 bits per heavy atom. The molecule has 7 aromatic carbocycles. The molecule has 0 radical (unpaired) electrons. The lowest BCUT2D eigenvalue weighted by Gasteiger charge is -2.18. The molecule has 408 valence electrons. The van der Waals surface area contributed by atoms with Crippen molar-refractivity contribution in [2.75, 3.05) is 7.05 Å². The van der Waals surface area contributed by atoms with Gasteiger partial charge < -0.3 is 37.1 Å². The number of nitrogens with one attached hydrogen (secondary N) is 2. The summed E-state index contributed by atoms with van der Waals surface area (Å²) in [7, 11) is 1.54. The van der Waals surface area contributed by atoms with Crippen LogP contribution in [0.1, 0.15) is 124 Å². The first kappa shape index (κ1) is 64.5. The van der Waals surface area contributed by atoms with Crippen LogP contribution < -0.4 is 37.1 Å². The molecule has 13 heteroatoms. The van der Waals surface area contributed by atoms with Crippen LogP contribution in [0.4, 0.5) is 0 Å². The fourth-order valence-corrected chi connectivity index (χ4v) is 6.82. The number of para-hydroxylation sites is 2. The minimum absolute atomic E-state index is 0.130. The lowest BCUT2D eigenvalue weighted by molar-refractivity contribution is 0.0725. The third kappa shape index (κ3) is 29.8. The summed E-state index contributed by atoms with van der Waals surface area (Å²) in [4.78, 5) is 39.7. The van der Waals surface area contributed by atoms with Gasteiger partial charge in [0.25, 0.3) is 0 Å². The smallest absolute Gasteiger partial charge is 0.343 e. The molecule has 0 aliphatic carbocycles. The number of nitrogens with two attached hydrogens (primary N) is 4. The number of carbonyl (C=O) groups excluding carboxylic acids is 3. The van der Waals surface area contributed by atoms with Gasteiger partial charge in [-0.2, -0.15) is 0 Å². The molecule has 10 N–H and O–H groups in total. The predicted octanol–water partition coefficient (Wildman–Crippen LogP) is 13.4. The zero-order chi connectivity index (χ0) is 57.8. The Balaban J connectivity index is 0.000000355. The molecule has 0 heterocycles. The van der Waals surface area contributed by atoms with Crippen LogP contribution in [0, 0.1) is 27.1 Å². The van der Waals surface area contributed by atoms with Gasteiger partial charge in [0, 0.05) is 7.05 Å². The number of aliphatic imine (C=N–C) groups is 1. The number of benzene rings is 7. The number of hydrogen-bond donors (Lipinski definition) is 6. The van der Waals surface area contributed by atoms with Gasteiger partial charge in [-0.05, 0) is 150 Å². The van der Waals surface area contributed by atoms with Crippen LogP contribution in [0.2, 0.25) is 0 Å². The molecule has 0 aromatic heterocycles. The monoisotopic (exact) mass is 1040 g/mol. The number of fused-ring (bicyclic) bond motifs is 1. The third-order valence-corrected chi connectivity index (χ3v) is 9.87. The number of carbonyl (C=O) groups is 3. The van der Waals surface area contributed by atoms with Crippen molar-refractivity contribution >= 4 is 46.3 Å². The second-order valence-electron chi connectivity index (χ2n) is 21.6. The quantitative estimate of drug-likeness (QED) is 0.0346. The van der Waals surface area contributed by atoms with Crippen molar-refractivity contribution in [3.8, 4) is 17.2 Å². The van der Waals surface area contributed by atoms with Gasteiger partial charge in [0.05, 0.1) is 28.4 Å². The number of esters is 3. The molecule has 13 nitrogen and oxygen atoms in total. The highest BCUT2D eigenvalue weighted by molar-refractivity contribution is 5.93. The van der Waals surface area contributed by atoms with Gasteiger partial charge in [-0.1, -0.05) is 165 Å². The highest BCUT2D eigenvalue weighted by atomic mass is 16.5. The van der Waals surface area contributed by atoms with Crippen LogP contribution in [-0.2, 0) is 19.3 Å². The van der Waals surface area contributed by atoms with E-state index in [0.29, 0.717) is 33.9 Å². The third-order valence-electron chi connectivity index (χ3n) is 9.87. The maximum atomic E-state index is 12.3. The first-order valence-corrected chi connectivity index (χ1v) is 25.1. The summed E-state index contributed by atoms with van der Waals surface area (Å²) in [6.45, 7) is 22.9. The maximum Gasteiger partial charge on any atom is 0.343 e. The highest BCUT2D eigenvalue weighted by Crippen LogP contribution is 2.25. The molecule has 0 aliphatic heterocycles. The van der Waals surface area contributed by atoms with Gasteiger partial charge in [-0.3, -0.25) is 15.8 Å². The molecule has 0 spiro atoms. The summed E-state index contributed by atoms with van der Waals surface area (Å²) in [6.07, 6.45) is 2.95. The molecule has 7 aromatic rings. The zero-order valence-electron chi connectivity index (χ0n) is 47.1. The largest absolute Gasteiger partial charge is 0.423 e. The lowest BCUT2D eigenvalue weighted by atomic mass is 9.88. The van der Waals surface area contributed by atoms with Crippen molar-refractivity contribution < 1.29 is 28.6 Å². The van der Waals surface area contributed by atoms with E-state index in [9.17, 15) is 14.4 Å². The number of amidine groups is 2. The van der Waals surface area contributed by atoms with Crippen LogP contribution in [0.5, 0.6) is 17.2 Å². The Bertz CT molecular complexity index is 2800. The number of nitrogens with zero attached hydrogens (tertiary/aromatic N) is 1. The Morgan fingerprint density at radius 3 is 0.935 bits per heavy atom. The van der Waals surface area contributed by atoms with E-state index in [1.54, 1.807) is 24.3 Å². The van der Waals surface area contributed by atoms with E-state index in [2.05, 4.69) is 67.3 Å². The molecule has 0 unspecified atom stereocenters. The van der Waals surface area contributed by atoms with Gasteiger partial charge in [-0.25, -0.2) is 14.4 Å². The molecular formula is C64H81N7O6. The standard InChI is InChI=1S/C22H22O2.2C18H20O2.C2H7N3.2C2H6N2/c1-22(2,3)15-16-8-10-18(11-9-16)21(23)24-20-13-12-17-6-4-5-7-19(17)14-20;2*1-18(2,3)13-14-9-11-15(12-10-14)17(19)20-16-7-5-4-6-8-16;1-5-2(3)4;2*1-2(3)4/h4-14H,15H2,1-3H3;2*4-12H,13H2,1-3H3;1H3,(H4,3,4,5);2*1H3,(H3,3,4). The molecule has 77 heavy (non-hydrogen) atoms. The summed E-state index contributed by atoms with van der Waals surface area (Å²) in [5, 5.41) is 14.7. The van der Waals surface area contributed by atoms with Crippen molar-refractivity contribution in [2.45, 2.75) is 95.4 Å². The average molecular weight is 1040 g/mol.